The lowest BCUT2D eigenvalue weighted by molar-refractivity contribution is -0.140. The SMILES string of the molecule is CCCC(CCc1ccccc1)(C(=O)O)[P+](=O)O. The van der Waals surface area contributed by atoms with Crippen LogP contribution in [0.25, 0.3) is 0 Å². The molecule has 0 amide bonds. The van der Waals surface area contributed by atoms with E-state index in [0.29, 0.717) is 12.8 Å². The summed E-state index contributed by atoms with van der Waals surface area (Å²) < 4.78 is 11.4. The van der Waals surface area contributed by atoms with Gasteiger partial charge in [0, 0.05) is 12.8 Å². The Kier molecular flexibility index (Phi) is 5.45. The number of rotatable bonds is 7. The van der Waals surface area contributed by atoms with Gasteiger partial charge in [0.25, 0.3) is 5.16 Å². The average Bonchev–Trinajstić information content (AvgIpc) is 2.35. The minimum atomic E-state index is -2.74. The predicted molar refractivity (Wildman–Crippen MR) is 69.9 cm³/mol. The summed E-state index contributed by atoms with van der Waals surface area (Å²) in [6.45, 7) is 1.82. The highest BCUT2D eigenvalue weighted by molar-refractivity contribution is 7.41. The molecule has 0 bridgehead atoms. The molecule has 2 unspecified atom stereocenters. The number of hydrogen-bond donors (Lipinski definition) is 2. The van der Waals surface area contributed by atoms with Crippen LogP contribution in [0.5, 0.6) is 0 Å². The van der Waals surface area contributed by atoms with Crippen LogP contribution in [-0.4, -0.2) is 21.1 Å². The first-order chi connectivity index (χ1) is 8.53. The van der Waals surface area contributed by atoms with Crippen LogP contribution in [0.4, 0.5) is 0 Å². The molecule has 0 aliphatic rings. The second kappa shape index (κ2) is 6.62. The number of carboxylic acid groups (broad SMARTS) is 1. The summed E-state index contributed by atoms with van der Waals surface area (Å²) in [7, 11) is -2.74. The van der Waals surface area contributed by atoms with Crippen LogP contribution >= 0.6 is 8.03 Å². The third-order valence-electron chi connectivity index (χ3n) is 3.10. The summed E-state index contributed by atoms with van der Waals surface area (Å²) in [6, 6.07) is 9.41. The Hall–Kier alpha value is -1.25. The molecular weight excluding hydrogens is 251 g/mol. The molecular formula is C13H18O4P+. The van der Waals surface area contributed by atoms with Gasteiger partial charge < -0.3 is 5.11 Å². The predicted octanol–water partition coefficient (Wildman–Crippen LogP) is 2.98. The summed E-state index contributed by atoms with van der Waals surface area (Å²) in [6.07, 6.45) is 1.48. The van der Waals surface area contributed by atoms with E-state index in [-0.39, 0.29) is 12.8 Å². The second-order valence-electron chi connectivity index (χ2n) is 4.35. The molecule has 18 heavy (non-hydrogen) atoms. The zero-order valence-electron chi connectivity index (χ0n) is 10.4. The van der Waals surface area contributed by atoms with Crippen molar-refractivity contribution < 1.29 is 19.4 Å². The molecule has 2 atom stereocenters. The molecule has 0 heterocycles. The van der Waals surface area contributed by atoms with Gasteiger partial charge in [0.2, 0.25) is 0 Å². The van der Waals surface area contributed by atoms with Gasteiger partial charge in [-0.1, -0.05) is 43.7 Å². The first-order valence-corrected chi connectivity index (χ1v) is 7.17. The molecule has 5 heteroatoms. The van der Waals surface area contributed by atoms with E-state index in [1.165, 1.54) is 0 Å². The fourth-order valence-corrected chi connectivity index (χ4v) is 2.90. The van der Waals surface area contributed by atoms with Gasteiger partial charge in [-0.05, 0) is 16.5 Å². The Balaban J connectivity index is 2.85. The zero-order chi connectivity index (χ0) is 13.6. The minimum absolute atomic E-state index is 0.186. The largest absolute Gasteiger partial charge is 0.523 e. The molecule has 98 valence electrons. The number of benzene rings is 1. The summed E-state index contributed by atoms with van der Waals surface area (Å²) in [5.41, 5.74) is 0.982. The summed E-state index contributed by atoms with van der Waals surface area (Å²) in [4.78, 5) is 20.7. The molecule has 0 aliphatic heterocycles. The van der Waals surface area contributed by atoms with E-state index in [9.17, 15) is 19.4 Å². The standard InChI is InChI=1S/C13H17O4P/c1-2-9-13(12(14)15,18(16)17)10-8-11-6-4-3-5-7-11/h3-7H,2,8-10H2,1H3,(H-,14,15,16,17)/p+1. The first-order valence-electron chi connectivity index (χ1n) is 5.96. The summed E-state index contributed by atoms with van der Waals surface area (Å²) in [5.74, 6) is -1.18. The maximum Gasteiger partial charge on any atom is 0.523 e. The van der Waals surface area contributed by atoms with Crippen molar-refractivity contribution in [2.75, 3.05) is 0 Å². The quantitative estimate of drug-likeness (QED) is 0.746. The number of carboxylic acids is 1. The zero-order valence-corrected chi connectivity index (χ0v) is 11.3. The average molecular weight is 269 g/mol. The fraction of sp³-hybridized carbons (Fsp3) is 0.462. The van der Waals surface area contributed by atoms with Gasteiger partial charge in [0.05, 0.1) is 0 Å². The van der Waals surface area contributed by atoms with Crippen molar-refractivity contribution in [1.29, 1.82) is 0 Å². The summed E-state index contributed by atoms with van der Waals surface area (Å²) in [5, 5.41) is 7.75. The number of aryl methyl sites for hydroxylation is 1. The fourth-order valence-electron chi connectivity index (χ4n) is 2.02. The molecule has 0 aromatic heterocycles. The Morgan fingerprint density at radius 3 is 2.33 bits per heavy atom. The van der Waals surface area contributed by atoms with Crippen LogP contribution in [0.2, 0.25) is 0 Å². The van der Waals surface area contributed by atoms with Gasteiger partial charge in [-0.3, -0.25) is 0 Å². The lowest BCUT2D eigenvalue weighted by atomic mass is 9.94. The third kappa shape index (κ3) is 3.37. The van der Waals surface area contributed by atoms with Gasteiger partial charge in [-0.25, -0.2) is 4.79 Å². The monoisotopic (exact) mass is 269 g/mol. The van der Waals surface area contributed by atoms with E-state index in [0.717, 1.165) is 5.56 Å². The van der Waals surface area contributed by atoms with Crippen molar-refractivity contribution >= 4 is 14.0 Å². The van der Waals surface area contributed by atoms with Crippen molar-refractivity contribution in [3.8, 4) is 0 Å². The van der Waals surface area contributed by atoms with Crippen molar-refractivity contribution in [3.63, 3.8) is 0 Å². The minimum Gasteiger partial charge on any atom is -0.478 e. The molecule has 0 radical (unpaired) electrons. The number of hydrogen-bond acceptors (Lipinski definition) is 2. The highest BCUT2D eigenvalue weighted by Gasteiger charge is 2.55. The molecule has 0 aliphatic carbocycles. The maximum atomic E-state index is 11.4. The normalized spacial score (nSPS) is 14.9. The molecule has 0 saturated heterocycles. The van der Waals surface area contributed by atoms with Crippen LogP contribution in [0, 0.1) is 0 Å². The second-order valence-corrected chi connectivity index (χ2v) is 5.75. The molecule has 0 fully saturated rings. The molecule has 4 nitrogen and oxygen atoms in total. The van der Waals surface area contributed by atoms with Crippen molar-refractivity contribution in [2.45, 2.75) is 37.8 Å². The maximum absolute atomic E-state index is 11.4. The van der Waals surface area contributed by atoms with E-state index in [1.807, 2.05) is 37.3 Å². The Bertz CT molecular complexity index is 402. The molecule has 1 aromatic carbocycles. The van der Waals surface area contributed by atoms with Gasteiger partial charge >= 0.3 is 14.0 Å². The third-order valence-corrected chi connectivity index (χ3v) is 4.47. The van der Waals surface area contributed by atoms with E-state index >= 15 is 0 Å². The van der Waals surface area contributed by atoms with Crippen LogP contribution in [0.15, 0.2) is 30.3 Å². The lowest BCUT2D eigenvalue weighted by Crippen LogP contribution is -2.35. The van der Waals surface area contributed by atoms with Gasteiger partial charge in [-0.2, -0.15) is 4.89 Å². The van der Waals surface area contributed by atoms with E-state index in [1.54, 1.807) is 0 Å². The van der Waals surface area contributed by atoms with Gasteiger partial charge in [-0.15, -0.1) is 0 Å². The Morgan fingerprint density at radius 2 is 1.89 bits per heavy atom. The Labute approximate surface area is 108 Å². The van der Waals surface area contributed by atoms with Crippen LogP contribution in [-0.2, 0) is 15.8 Å². The molecule has 0 spiro atoms. The van der Waals surface area contributed by atoms with E-state index in [2.05, 4.69) is 0 Å². The molecule has 0 saturated carbocycles. The van der Waals surface area contributed by atoms with E-state index in [4.69, 9.17) is 0 Å². The highest BCUT2D eigenvalue weighted by atomic mass is 31.1. The van der Waals surface area contributed by atoms with Crippen LogP contribution in [0.1, 0.15) is 31.7 Å². The highest BCUT2D eigenvalue weighted by Crippen LogP contribution is 2.43. The van der Waals surface area contributed by atoms with Crippen LogP contribution in [0.3, 0.4) is 0 Å². The van der Waals surface area contributed by atoms with Crippen molar-refractivity contribution in [2.24, 2.45) is 0 Å². The molecule has 2 N–H and O–H groups in total. The first kappa shape index (κ1) is 14.8. The summed E-state index contributed by atoms with van der Waals surface area (Å²) >= 11 is 0. The number of aliphatic carboxylic acids is 1. The smallest absolute Gasteiger partial charge is 0.478 e. The Morgan fingerprint density at radius 1 is 1.28 bits per heavy atom. The lowest BCUT2D eigenvalue weighted by Gasteiger charge is -2.16. The molecule has 1 rings (SSSR count). The van der Waals surface area contributed by atoms with Gasteiger partial charge in [0.1, 0.15) is 0 Å². The molecule has 1 aromatic rings. The van der Waals surface area contributed by atoms with Crippen molar-refractivity contribution in [3.05, 3.63) is 35.9 Å². The van der Waals surface area contributed by atoms with Crippen molar-refractivity contribution in [1.82, 2.24) is 0 Å². The topological polar surface area (TPSA) is 74.6 Å². The van der Waals surface area contributed by atoms with Gasteiger partial charge in [0.15, 0.2) is 0 Å². The van der Waals surface area contributed by atoms with E-state index < -0.39 is 19.2 Å². The number of carbonyl (C=O) groups is 1. The van der Waals surface area contributed by atoms with Crippen LogP contribution < -0.4 is 0 Å².